The molecule has 31 heavy (non-hydrogen) atoms. The number of methoxy groups -OCH3 is 1. The molecule has 4 rings (SSSR count). The highest BCUT2D eigenvalue weighted by Gasteiger charge is 2.31. The molecule has 1 aliphatic heterocycles. The van der Waals surface area contributed by atoms with Crippen LogP contribution in [-0.2, 0) is 26.0 Å². The Morgan fingerprint density at radius 3 is 2.65 bits per heavy atom. The number of rotatable bonds is 6. The minimum absolute atomic E-state index is 0.00650. The number of ether oxygens (including phenoxy) is 1. The zero-order valence-corrected chi connectivity index (χ0v) is 17.7. The fraction of sp³-hybridized carbons (Fsp3) is 0.333. The number of sulfonamides is 1. The first-order valence-electron chi connectivity index (χ1n) is 9.84. The predicted octanol–water partition coefficient (Wildman–Crippen LogP) is 2.13. The van der Waals surface area contributed by atoms with Gasteiger partial charge in [-0.25, -0.2) is 12.9 Å². The minimum Gasteiger partial charge on any atom is -0.508 e. The molecule has 10 heteroatoms. The van der Waals surface area contributed by atoms with E-state index in [1.165, 1.54) is 22.6 Å². The van der Waals surface area contributed by atoms with E-state index in [9.17, 15) is 18.3 Å². The van der Waals surface area contributed by atoms with E-state index in [4.69, 9.17) is 9.84 Å². The molecule has 0 bridgehead atoms. The van der Waals surface area contributed by atoms with Crippen LogP contribution in [0.2, 0.25) is 0 Å². The zero-order chi connectivity index (χ0) is 22.2. The van der Waals surface area contributed by atoms with Gasteiger partial charge in [0.25, 0.3) is 0 Å². The van der Waals surface area contributed by atoms with Crippen LogP contribution in [0, 0.1) is 0 Å². The van der Waals surface area contributed by atoms with Gasteiger partial charge in [-0.15, -0.1) is 0 Å². The molecule has 1 fully saturated rings. The SMILES string of the molecule is COC1CCN(S(=O)(=O)c2cc(O)ccc2-c2ccn3ncc(CC(=O)O)c3c2)CC1. The summed E-state index contributed by atoms with van der Waals surface area (Å²) in [6.45, 7) is 0.667. The number of hydrogen-bond acceptors (Lipinski definition) is 6. The van der Waals surface area contributed by atoms with Crippen molar-refractivity contribution in [2.75, 3.05) is 20.2 Å². The van der Waals surface area contributed by atoms with Gasteiger partial charge in [0.15, 0.2) is 0 Å². The Hall–Kier alpha value is -2.95. The van der Waals surface area contributed by atoms with Crippen LogP contribution in [0.25, 0.3) is 16.6 Å². The highest BCUT2D eigenvalue weighted by Crippen LogP contribution is 2.34. The summed E-state index contributed by atoms with van der Waals surface area (Å²) in [6, 6.07) is 7.68. The van der Waals surface area contributed by atoms with Crippen LogP contribution in [0.15, 0.2) is 47.6 Å². The van der Waals surface area contributed by atoms with E-state index < -0.39 is 16.0 Å². The van der Waals surface area contributed by atoms with Gasteiger partial charge in [-0.2, -0.15) is 9.40 Å². The van der Waals surface area contributed by atoms with Gasteiger partial charge in [-0.05, 0) is 42.7 Å². The van der Waals surface area contributed by atoms with Gasteiger partial charge < -0.3 is 14.9 Å². The molecule has 2 N–H and O–H groups in total. The van der Waals surface area contributed by atoms with Gasteiger partial charge >= 0.3 is 5.97 Å². The first-order chi connectivity index (χ1) is 14.8. The molecule has 164 valence electrons. The van der Waals surface area contributed by atoms with Crippen molar-refractivity contribution < 1.29 is 28.2 Å². The molecule has 0 saturated carbocycles. The first kappa shape index (κ1) is 21.3. The van der Waals surface area contributed by atoms with Crippen molar-refractivity contribution in [3.8, 4) is 16.9 Å². The second kappa shape index (κ2) is 8.29. The normalized spacial score (nSPS) is 16.0. The Labute approximate surface area is 179 Å². The fourth-order valence-corrected chi connectivity index (χ4v) is 5.61. The van der Waals surface area contributed by atoms with Crippen molar-refractivity contribution in [2.24, 2.45) is 0 Å². The summed E-state index contributed by atoms with van der Waals surface area (Å²) >= 11 is 0. The summed E-state index contributed by atoms with van der Waals surface area (Å²) in [5.74, 6) is -1.13. The number of carbonyl (C=O) groups is 1. The highest BCUT2D eigenvalue weighted by atomic mass is 32.2. The van der Waals surface area contributed by atoms with Crippen molar-refractivity contribution in [3.63, 3.8) is 0 Å². The third kappa shape index (κ3) is 4.14. The van der Waals surface area contributed by atoms with Crippen LogP contribution in [0.3, 0.4) is 0 Å². The Morgan fingerprint density at radius 2 is 1.97 bits per heavy atom. The van der Waals surface area contributed by atoms with Crippen LogP contribution in [0.5, 0.6) is 5.75 Å². The van der Waals surface area contributed by atoms with Crippen LogP contribution >= 0.6 is 0 Å². The van der Waals surface area contributed by atoms with E-state index >= 15 is 0 Å². The van der Waals surface area contributed by atoms with Crippen molar-refractivity contribution in [1.82, 2.24) is 13.9 Å². The molecule has 0 spiro atoms. The lowest BCUT2D eigenvalue weighted by atomic mass is 10.0. The number of aromatic hydroxyl groups is 1. The Kier molecular flexibility index (Phi) is 5.69. The van der Waals surface area contributed by atoms with Crippen LogP contribution in [-0.4, -0.2) is 64.8 Å². The fourth-order valence-electron chi connectivity index (χ4n) is 3.91. The number of phenols is 1. The summed E-state index contributed by atoms with van der Waals surface area (Å²) in [5, 5.41) is 23.3. The Morgan fingerprint density at radius 1 is 1.23 bits per heavy atom. The number of benzene rings is 1. The van der Waals surface area contributed by atoms with Crippen molar-refractivity contribution in [2.45, 2.75) is 30.3 Å². The molecule has 1 saturated heterocycles. The highest BCUT2D eigenvalue weighted by molar-refractivity contribution is 7.89. The predicted molar refractivity (Wildman–Crippen MR) is 112 cm³/mol. The van der Waals surface area contributed by atoms with E-state index in [2.05, 4.69) is 5.10 Å². The Balaban J connectivity index is 1.78. The first-order valence-corrected chi connectivity index (χ1v) is 11.3. The number of fused-ring (bicyclic) bond motifs is 1. The molecule has 0 aliphatic carbocycles. The monoisotopic (exact) mass is 445 g/mol. The quantitative estimate of drug-likeness (QED) is 0.596. The summed E-state index contributed by atoms with van der Waals surface area (Å²) in [7, 11) is -2.24. The van der Waals surface area contributed by atoms with E-state index in [-0.39, 0.29) is 23.2 Å². The standard InChI is InChI=1S/C21H23N3O6S/c1-30-17-5-7-23(8-6-17)31(28,29)20-12-16(25)2-3-18(20)14-4-9-24-19(10-14)15(13-22-24)11-21(26)27/h2-4,9-10,12-13,17,25H,5-8,11H2,1H3,(H,26,27). The minimum atomic E-state index is -3.86. The van der Waals surface area contributed by atoms with E-state index in [0.29, 0.717) is 48.1 Å². The molecule has 2 aromatic heterocycles. The average Bonchev–Trinajstić information content (AvgIpc) is 3.15. The lowest BCUT2D eigenvalue weighted by Gasteiger charge is -2.31. The molecule has 3 heterocycles. The topological polar surface area (TPSA) is 121 Å². The number of hydrogen-bond donors (Lipinski definition) is 2. The maximum Gasteiger partial charge on any atom is 0.307 e. The summed E-state index contributed by atoms with van der Waals surface area (Å²) < 4.78 is 35.2. The number of pyridine rings is 1. The number of piperidine rings is 1. The third-order valence-corrected chi connectivity index (χ3v) is 7.51. The lowest BCUT2D eigenvalue weighted by molar-refractivity contribution is -0.136. The summed E-state index contributed by atoms with van der Waals surface area (Å²) in [4.78, 5) is 11.2. The molecule has 1 aliphatic rings. The number of nitrogens with zero attached hydrogens (tertiary/aromatic N) is 3. The average molecular weight is 445 g/mol. The third-order valence-electron chi connectivity index (χ3n) is 5.57. The second-order valence-corrected chi connectivity index (χ2v) is 9.41. The number of phenolic OH excluding ortho intramolecular Hbond substituents is 1. The van der Waals surface area contributed by atoms with Gasteiger partial charge in [0.1, 0.15) is 5.75 Å². The number of carboxylic acids is 1. The number of aliphatic carboxylic acids is 1. The van der Waals surface area contributed by atoms with Gasteiger partial charge in [0.05, 0.1) is 29.1 Å². The molecular formula is C21H23N3O6S. The largest absolute Gasteiger partial charge is 0.508 e. The van der Waals surface area contributed by atoms with Gasteiger partial charge in [-0.1, -0.05) is 0 Å². The molecular weight excluding hydrogens is 422 g/mol. The van der Waals surface area contributed by atoms with E-state index in [1.54, 1.807) is 36.0 Å². The molecule has 3 aromatic rings. The van der Waals surface area contributed by atoms with Gasteiger partial charge in [0, 0.05) is 43.6 Å². The zero-order valence-electron chi connectivity index (χ0n) is 16.9. The van der Waals surface area contributed by atoms with Crippen molar-refractivity contribution >= 4 is 21.5 Å². The maximum absolute atomic E-state index is 13.4. The molecule has 0 amide bonds. The molecule has 9 nitrogen and oxygen atoms in total. The molecule has 1 aromatic carbocycles. The van der Waals surface area contributed by atoms with Crippen molar-refractivity contribution in [3.05, 3.63) is 48.3 Å². The molecule has 0 atom stereocenters. The molecule has 0 radical (unpaired) electrons. The maximum atomic E-state index is 13.4. The number of aromatic nitrogens is 2. The van der Waals surface area contributed by atoms with Crippen LogP contribution < -0.4 is 0 Å². The Bertz CT molecular complexity index is 1230. The van der Waals surface area contributed by atoms with Crippen molar-refractivity contribution in [1.29, 1.82) is 0 Å². The van der Waals surface area contributed by atoms with E-state index in [0.717, 1.165) is 0 Å². The number of carboxylic acid groups (broad SMARTS) is 1. The smallest absolute Gasteiger partial charge is 0.307 e. The van der Waals surface area contributed by atoms with Crippen LogP contribution in [0.1, 0.15) is 18.4 Å². The van der Waals surface area contributed by atoms with Crippen LogP contribution in [0.4, 0.5) is 0 Å². The summed E-state index contributed by atoms with van der Waals surface area (Å²) in [5.41, 5.74) is 2.12. The van der Waals surface area contributed by atoms with E-state index in [1.807, 2.05) is 0 Å². The molecule has 0 unspecified atom stereocenters. The van der Waals surface area contributed by atoms with Gasteiger partial charge in [-0.3, -0.25) is 4.79 Å². The lowest BCUT2D eigenvalue weighted by Crippen LogP contribution is -2.40. The summed E-state index contributed by atoms with van der Waals surface area (Å²) in [6.07, 6.45) is 4.19. The van der Waals surface area contributed by atoms with Gasteiger partial charge in [0.2, 0.25) is 10.0 Å². The second-order valence-electron chi connectivity index (χ2n) is 7.51.